The molecule has 8 heteroatoms. The fourth-order valence-electron chi connectivity index (χ4n) is 3.63. The largest absolute Gasteiger partial charge is 0.495 e. The molecule has 3 aromatic rings. The summed E-state index contributed by atoms with van der Waals surface area (Å²) in [5.41, 5.74) is 1.39. The van der Waals surface area contributed by atoms with Crippen molar-refractivity contribution in [1.29, 1.82) is 0 Å². The van der Waals surface area contributed by atoms with Gasteiger partial charge in [0.25, 0.3) is 10.0 Å². The first-order valence-electron chi connectivity index (χ1n) is 11.1. The van der Waals surface area contributed by atoms with Gasteiger partial charge in [-0.15, -0.1) is 0 Å². The van der Waals surface area contributed by atoms with E-state index >= 15 is 0 Å². The molecule has 1 unspecified atom stereocenters. The number of methoxy groups -OCH3 is 1. The zero-order valence-corrected chi connectivity index (χ0v) is 20.9. The van der Waals surface area contributed by atoms with Crippen molar-refractivity contribution in [3.63, 3.8) is 0 Å². The molecule has 0 radical (unpaired) electrons. The van der Waals surface area contributed by atoms with Crippen LogP contribution in [0.2, 0.25) is 5.02 Å². The fraction of sp³-hybridized carbons (Fsp3) is 0.269. The third-order valence-electron chi connectivity index (χ3n) is 5.56. The quantitative estimate of drug-likeness (QED) is 0.405. The normalized spacial score (nSPS) is 12.1. The number of nitrogens with zero attached hydrogens (tertiary/aromatic N) is 1. The Morgan fingerprint density at radius 2 is 1.68 bits per heavy atom. The van der Waals surface area contributed by atoms with Gasteiger partial charge in [-0.05, 0) is 48.2 Å². The Bertz CT molecular complexity index is 1190. The van der Waals surface area contributed by atoms with Gasteiger partial charge in [0.2, 0.25) is 5.91 Å². The molecule has 0 aliphatic rings. The van der Waals surface area contributed by atoms with Crippen LogP contribution in [0.15, 0.2) is 83.8 Å². The van der Waals surface area contributed by atoms with Crippen LogP contribution in [0.5, 0.6) is 5.75 Å². The number of anilines is 1. The number of benzene rings is 3. The van der Waals surface area contributed by atoms with E-state index < -0.39 is 22.5 Å². The van der Waals surface area contributed by atoms with Gasteiger partial charge in [0.15, 0.2) is 0 Å². The number of rotatable bonds is 11. The number of halogens is 1. The topological polar surface area (TPSA) is 75.7 Å². The predicted molar refractivity (Wildman–Crippen MR) is 136 cm³/mol. The number of amides is 1. The number of carbonyl (C=O) groups excluding carboxylic acids is 1. The summed E-state index contributed by atoms with van der Waals surface area (Å²) < 4.78 is 33.5. The minimum absolute atomic E-state index is 0.0698. The van der Waals surface area contributed by atoms with Gasteiger partial charge in [0.05, 0.1) is 17.7 Å². The van der Waals surface area contributed by atoms with Gasteiger partial charge in [-0.1, -0.05) is 73.5 Å². The average Bonchev–Trinajstić information content (AvgIpc) is 2.86. The Morgan fingerprint density at radius 3 is 2.29 bits per heavy atom. The Kier molecular flexibility index (Phi) is 8.96. The number of sulfonamides is 1. The maximum atomic E-state index is 13.5. The molecule has 180 valence electrons. The van der Waals surface area contributed by atoms with E-state index in [-0.39, 0.29) is 16.5 Å². The number of hydrogen-bond donors (Lipinski definition) is 1. The highest BCUT2D eigenvalue weighted by Gasteiger charge is 2.29. The van der Waals surface area contributed by atoms with Crippen LogP contribution < -0.4 is 14.4 Å². The second kappa shape index (κ2) is 11.9. The number of carbonyl (C=O) groups is 1. The highest BCUT2D eigenvalue weighted by atomic mass is 35.5. The maximum absolute atomic E-state index is 13.5. The molecule has 0 fully saturated rings. The van der Waals surface area contributed by atoms with E-state index in [1.807, 2.05) is 18.2 Å². The zero-order chi connectivity index (χ0) is 24.6. The first kappa shape index (κ1) is 25.6. The SMILES string of the molecule is CCC(CNC(=O)CN(c1cc(Cl)ccc1OC)S(=O)(=O)c1ccccc1)Cc1ccccc1. The van der Waals surface area contributed by atoms with Crippen LogP contribution in [-0.4, -0.2) is 34.5 Å². The summed E-state index contributed by atoms with van der Waals surface area (Å²) in [6, 6.07) is 22.7. The van der Waals surface area contributed by atoms with Crippen LogP contribution >= 0.6 is 11.6 Å². The summed E-state index contributed by atoms with van der Waals surface area (Å²) in [6.45, 7) is 2.11. The Labute approximate surface area is 206 Å². The van der Waals surface area contributed by atoms with Crippen molar-refractivity contribution in [2.24, 2.45) is 5.92 Å². The van der Waals surface area contributed by atoms with E-state index in [1.165, 1.54) is 30.9 Å². The molecule has 3 rings (SSSR count). The molecule has 0 saturated carbocycles. The molecular weight excluding hydrogens is 472 g/mol. The van der Waals surface area contributed by atoms with Crippen LogP contribution in [0, 0.1) is 5.92 Å². The molecule has 0 aromatic heterocycles. The minimum Gasteiger partial charge on any atom is -0.495 e. The van der Waals surface area contributed by atoms with Gasteiger partial charge < -0.3 is 10.1 Å². The van der Waals surface area contributed by atoms with Crippen molar-refractivity contribution >= 4 is 33.2 Å². The summed E-state index contributed by atoms with van der Waals surface area (Å²) in [5.74, 6) is 0.117. The van der Waals surface area contributed by atoms with Gasteiger partial charge >= 0.3 is 0 Å². The lowest BCUT2D eigenvalue weighted by Crippen LogP contribution is -2.42. The van der Waals surface area contributed by atoms with Crippen molar-refractivity contribution in [2.45, 2.75) is 24.7 Å². The van der Waals surface area contributed by atoms with Crippen molar-refractivity contribution in [3.8, 4) is 5.75 Å². The van der Waals surface area contributed by atoms with Crippen molar-refractivity contribution < 1.29 is 17.9 Å². The van der Waals surface area contributed by atoms with Crippen molar-refractivity contribution in [3.05, 3.63) is 89.4 Å². The van der Waals surface area contributed by atoms with E-state index in [2.05, 4.69) is 24.4 Å². The van der Waals surface area contributed by atoms with Gasteiger partial charge in [-0.2, -0.15) is 0 Å². The lowest BCUT2D eigenvalue weighted by atomic mass is 9.97. The van der Waals surface area contributed by atoms with Crippen molar-refractivity contribution in [1.82, 2.24) is 5.32 Å². The smallest absolute Gasteiger partial charge is 0.264 e. The Hall–Kier alpha value is -3.03. The molecular formula is C26H29ClN2O4S. The highest BCUT2D eigenvalue weighted by molar-refractivity contribution is 7.92. The summed E-state index contributed by atoms with van der Waals surface area (Å²) in [4.78, 5) is 13.0. The molecule has 3 aromatic carbocycles. The second-order valence-electron chi connectivity index (χ2n) is 7.91. The second-order valence-corrected chi connectivity index (χ2v) is 10.2. The van der Waals surface area contributed by atoms with Crippen molar-refractivity contribution in [2.75, 3.05) is 24.5 Å². The van der Waals surface area contributed by atoms with E-state index in [9.17, 15) is 13.2 Å². The predicted octanol–water partition coefficient (Wildman–Crippen LogP) is 4.93. The first-order valence-corrected chi connectivity index (χ1v) is 12.9. The standard InChI is InChI=1S/C26H29ClN2O4S/c1-3-20(16-21-10-6-4-7-11-21)18-28-26(30)19-29(24-17-22(27)14-15-25(24)33-2)34(31,32)23-12-8-5-9-13-23/h4-15,17,20H,3,16,18-19H2,1-2H3,(H,28,30). The minimum atomic E-state index is -4.06. The monoisotopic (exact) mass is 500 g/mol. The molecule has 34 heavy (non-hydrogen) atoms. The number of hydrogen-bond acceptors (Lipinski definition) is 4. The molecule has 0 aliphatic heterocycles. The van der Waals surface area contributed by atoms with Crippen LogP contribution in [-0.2, 0) is 21.2 Å². The van der Waals surface area contributed by atoms with Gasteiger partial charge in [-0.3, -0.25) is 9.10 Å². The molecule has 0 bridgehead atoms. The summed E-state index contributed by atoms with van der Waals surface area (Å²) >= 11 is 6.17. The molecule has 1 amide bonds. The van der Waals surface area contributed by atoms with Crippen LogP contribution in [0.25, 0.3) is 0 Å². The molecule has 0 aliphatic carbocycles. The van der Waals surface area contributed by atoms with Crippen LogP contribution in [0.4, 0.5) is 5.69 Å². The van der Waals surface area contributed by atoms with Gasteiger partial charge in [0.1, 0.15) is 12.3 Å². The Balaban J connectivity index is 1.83. The van der Waals surface area contributed by atoms with Crippen LogP contribution in [0.1, 0.15) is 18.9 Å². The number of nitrogens with one attached hydrogen (secondary N) is 1. The van der Waals surface area contributed by atoms with Gasteiger partial charge in [-0.25, -0.2) is 8.42 Å². The molecule has 0 heterocycles. The summed E-state index contributed by atoms with van der Waals surface area (Å²) in [7, 11) is -2.62. The molecule has 0 spiro atoms. The van der Waals surface area contributed by atoms with Gasteiger partial charge in [0, 0.05) is 11.6 Å². The maximum Gasteiger partial charge on any atom is 0.264 e. The first-order chi connectivity index (χ1) is 16.3. The van der Waals surface area contributed by atoms with E-state index in [4.69, 9.17) is 16.3 Å². The summed E-state index contributed by atoms with van der Waals surface area (Å²) in [6.07, 6.45) is 1.70. The van der Waals surface area contributed by atoms with Crippen LogP contribution in [0.3, 0.4) is 0 Å². The third-order valence-corrected chi connectivity index (χ3v) is 7.57. The van der Waals surface area contributed by atoms with E-state index in [0.29, 0.717) is 17.3 Å². The average molecular weight is 501 g/mol. The fourth-order valence-corrected chi connectivity index (χ4v) is 5.24. The Morgan fingerprint density at radius 1 is 1.03 bits per heavy atom. The molecule has 1 N–H and O–H groups in total. The highest BCUT2D eigenvalue weighted by Crippen LogP contribution is 2.34. The molecule has 0 saturated heterocycles. The summed E-state index contributed by atoms with van der Waals surface area (Å²) in [5, 5.41) is 3.24. The lowest BCUT2D eigenvalue weighted by Gasteiger charge is -2.26. The molecule has 1 atom stereocenters. The lowest BCUT2D eigenvalue weighted by molar-refractivity contribution is -0.119. The zero-order valence-electron chi connectivity index (χ0n) is 19.3. The van der Waals surface area contributed by atoms with E-state index in [1.54, 1.807) is 30.3 Å². The van der Waals surface area contributed by atoms with E-state index in [0.717, 1.165) is 17.1 Å². The number of ether oxygens (including phenoxy) is 1. The third kappa shape index (κ3) is 6.52. The molecule has 6 nitrogen and oxygen atoms in total.